The van der Waals surface area contributed by atoms with Gasteiger partial charge < -0.3 is 16.2 Å². The number of nitrogen functional groups attached to an aromatic ring is 1. The number of carbonyl (C=O) groups is 1. The molecule has 1 aromatic carbocycles. The van der Waals surface area contributed by atoms with Crippen LogP contribution in [0, 0.1) is 23.2 Å². The second-order valence-electron chi connectivity index (χ2n) is 5.82. The molecule has 0 atom stereocenters. The summed E-state index contributed by atoms with van der Waals surface area (Å²) in [5.41, 5.74) is 9.63. The van der Waals surface area contributed by atoms with E-state index in [4.69, 9.17) is 20.9 Å². The summed E-state index contributed by atoms with van der Waals surface area (Å²) in [6.45, 7) is 1.73. The average molecular weight is 376 g/mol. The van der Waals surface area contributed by atoms with Gasteiger partial charge in [-0.05, 0) is 30.2 Å². The Morgan fingerprint density at radius 1 is 1.39 bits per heavy atom. The van der Waals surface area contributed by atoms with Crippen molar-refractivity contribution in [1.82, 2.24) is 9.97 Å². The van der Waals surface area contributed by atoms with E-state index < -0.39 is 5.97 Å². The van der Waals surface area contributed by atoms with Crippen molar-refractivity contribution in [2.24, 2.45) is 4.99 Å². The van der Waals surface area contributed by atoms with Crippen LogP contribution in [0.2, 0.25) is 0 Å². The first-order valence-electron chi connectivity index (χ1n) is 8.57. The smallest absolute Gasteiger partial charge is 0.300 e. The van der Waals surface area contributed by atoms with E-state index in [0.717, 1.165) is 35.7 Å². The topological polar surface area (TPSA) is 137 Å². The predicted octanol–water partition coefficient (Wildman–Crippen LogP) is 2.87. The third kappa shape index (κ3) is 6.43. The van der Waals surface area contributed by atoms with Crippen molar-refractivity contribution < 1.29 is 9.90 Å². The summed E-state index contributed by atoms with van der Waals surface area (Å²) in [6.07, 6.45) is 5.50. The number of hydrogen-bond acceptors (Lipinski definition) is 7. The van der Waals surface area contributed by atoms with Crippen molar-refractivity contribution in [3.63, 3.8) is 0 Å². The third-order valence-electron chi connectivity index (χ3n) is 3.52. The number of carboxylic acids is 1. The Bertz CT molecular complexity index is 978. The van der Waals surface area contributed by atoms with Crippen LogP contribution in [0.1, 0.15) is 42.9 Å². The molecule has 0 amide bonds. The number of hydrogen-bond donors (Lipinski definition) is 3. The highest BCUT2D eigenvalue weighted by molar-refractivity contribution is 5.88. The highest BCUT2D eigenvalue weighted by Gasteiger charge is 2.12. The molecule has 2 aromatic rings. The number of fused-ring (bicyclic) bond motifs is 1. The minimum absolute atomic E-state index is 0.222. The minimum Gasteiger partial charge on any atom is -0.481 e. The number of nitrogens with one attached hydrogen (secondary N) is 1. The first-order valence-corrected chi connectivity index (χ1v) is 8.57. The average Bonchev–Trinajstić information content (AvgIpc) is 3.10. The molecule has 0 saturated carbocycles. The fraction of sp³-hybridized carbons (Fsp3) is 0.250. The molecule has 142 valence electrons. The summed E-state index contributed by atoms with van der Waals surface area (Å²) in [5, 5.41) is 19.2. The number of carboxylic acid groups (broad SMARTS) is 1. The van der Waals surface area contributed by atoms with Gasteiger partial charge in [0.15, 0.2) is 0 Å². The third-order valence-corrected chi connectivity index (χ3v) is 3.52. The lowest BCUT2D eigenvalue weighted by Crippen LogP contribution is -2.00. The van der Waals surface area contributed by atoms with Crippen molar-refractivity contribution in [3.8, 4) is 17.9 Å². The van der Waals surface area contributed by atoms with Gasteiger partial charge in [-0.2, -0.15) is 10.2 Å². The van der Waals surface area contributed by atoms with Crippen molar-refractivity contribution >= 4 is 29.6 Å². The van der Waals surface area contributed by atoms with Crippen molar-refractivity contribution in [2.75, 3.05) is 11.1 Å². The van der Waals surface area contributed by atoms with Crippen LogP contribution < -0.4 is 11.1 Å². The second kappa shape index (κ2) is 10.3. The summed E-state index contributed by atoms with van der Waals surface area (Å²) in [5.74, 6) is 6.36. The van der Waals surface area contributed by atoms with E-state index in [1.54, 1.807) is 12.3 Å². The zero-order chi connectivity index (χ0) is 20.4. The lowest BCUT2D eigenvalue weighted by molar-refractivity contribution is -0.134. The van der Waals surface area contributed by atoms with Crippen LogP contribution in [0.4, 0.5) is 17.5 Å². The molecule has 0 fully saturated rings. The molecule has 28 heavy (non-hydrogen) atoms. The molecule has 1 aromatic heterocycles. The molecule has 3 rings (SSSR count). The quantitative estimate of drug-likeness (QED) is 0.551. The van der Waals surface area contributed by atoms with Gasteiger partial charge in [0.2, 0.25) is 5.95 Å². The Labute approximate surface area is 163 Å². The van der Waals surface area contributed by atoms with Crippen LogP contribution >= 0.6 is 0 Å². The molecule has 0 radical (unpaired) electrons. The summed E-state index contributed by atoms with van der Waals surface area (Å²) < 4.78 is 0. The Morgan fingerprint density at radius 2 is 2.18 bits per heavy atom. The van der Waals surface area contributed by atoms with E-state index in [-0.39, 0.29) is 5.95 Å². The molecule has 4 N–H and O–H groups in total. The normalized spacial score (nSPS) is 10.6. The van der Waals surface area contributed by atoms with E-state index in [1.165, 1.54) is 0 Å². The molecule has 8 heteroatoms. The van der Waals surface area contributed by atoms with Crippen LogP contribution in [0.3, 0.4) is 0 Å². The number of aliphatic carboxylic acids is 1. The number of nitriles is 1. The fourth-order valence-electron chi connectivity index (χ4n) is 2.41. The van der Waals surface area contributed by atoms with Gasteiger partial charge in [-0.3, -0.25) is 9.79 Å². The predicted molar refractivity (Wildman–Crippen MR) is 107 cm³/mol. The molecule has 0 aliphatic carbocycles. The first kappa shape index (κ1) is 20.4. The van der Waals surface area contributed by atoms with Gasteiger partial charge in [-0.15, -0.1) is 0 Å². The zero-order valence-electron chi connectivity index (χ0n) is 15.4. The summed E-state index contributed by atoms with van der Waals surface area (Å²) in [7, 11) is 0. The standard InChI is InChI=1S/C18H16N6.C2H4O2/c19-7-4-2-1-3-5-13-9-15(10-14-11-21-12-16(13)14)23-17-6-8-22-18(20)24-17;1-2(3)4/h6,8-11H,1-2,4,12H2,(H3,20,22,23,24);1H3,(H,3,4). The molecule has 1 aliphatic rings. The van der Waals surface area contributed by atoms with Crippen molar-refractivity contribution in [1.29, 1.82) is 5.26 Å². The number of unbranched alkanes of at least 4 members (excludes halogenated alkanes) is 2. The molecular weight excluding hydrogens is 356 g/mol. The Morgan fingerprint density at radius 3 is 2.89 bits per heavy atom. The molecule has 1 aliphatic heterocycles. The molecule has 0 spiro atoms. The molecule has 8 nitrogen and oxygen atoms in total. The van der Waals surface area contributed by atoms with Gasteiger partial charge in [-0.1, -0.05) is 11.8 Å². The van der Waals surface area contributed by atoms with Crippen LogP contribution in [0.15, 0.2) is 29.4 Å². The van der Waals surface area contributed by atoms with E-state index in [0.29, 0.717) is 25.2 Å². The molecular formula is C20H20N6O2. The molecule has 2 heterocycles. The Kier molecular flexibility index (Phi) is 7.50. The van der Waals surface area contributed by atoms with Gasteiger partial charge in [-0.25, -0.2) is 4.98 Å². The van der Waals surface area contributed by atoms with Gasteiger partial charge >= 0.3 is 0 Å². The SMILES string of the molecule is CC(=O)O.N#CCCCC#Cc1cc(Nc2ccnc(N)n2)cc2c1CN=C2. The largest absolute Gasteiger partial charge is 0.481 e. The van der Waals surface area contributed by atoms with Gasteiger partial charge in [0.25, 0.3) is 5.97 Å². The Hall–Kier alpha value is -3.91. The number of aromatic nitrogens is 2. The molecule has 0 unspecified atom stereocenters. The molecule has 0 saturated heterocycles. The highest BCUT2D eigenvalue weighted by Crippen LogP contribution is 2.25. The van der Waals surface area contributed by atoms with Crippen LogP contribution in [0.5, 0.6) is 0 Å². The van der Waals surface area contributed by atoms with E-state index in [9.17, 15) is 0 Å². The number of rotatable bonds is 4. The minimum atomic E-state index is -0.833. The van der Waals surface area contributed by atoms with Gasteiger partial charge in [0.05, 0.1) is 12.6 Å². The first-order chi connectivity index (χ1) is 13.5. The number of aliphatic imine (C=N–C) groups is 1. The maximum absolute atomic E-state index is 9.00. The summed E-state index contributed by atoms with van der Waals surface area (Å²) >= 11 is 0. The maximum Gasteiger partial charge on any atom is 0.300 e. The second-order valence-corrected chi connectivity index (χ2v) is 5.82. The Balaban J connectivity index is 0.000000640. The number of benzene rings is 1. The van der Waals surface area contributed by atoms with Gasteiger partial charge in [0, 0.05) is 49.0 Å². The lowest BCUT2D eigenvalue weighted by atomic mass is 10.0. The lowest BCUT2D eigenvalue weighted by Gasteiger charge is -2.09. The van der Waals surface area contributed by atoms with Gasteiger partial charge in [0.1, 0.15) is 5.82 Å². The number of nitrogens with two attached hydrogens (primary N) is 1. The van der Waals surface area contributed by atoms with Crippen LogP contribution in [0.25, 0.3) is 0 Å². The number of nitrogens with zero attached hydrogens (tertiary/aromatic N) is 4. The number of anilines is 3. The monoisotopic (exact) mass is 376 g/mol. The van der Waals surface area contributed by atoms with Crippen LogP contribution in [-0.2, 0) is 11.3 Å². The fourth-order valence-corrected chi connectivity index (χ4v) is 2.41. The van der Waals surface area contributed by atoms with Crippen molar-refractivity contribution in [2.45, 2.75) is 32.7 Å². The van der Waals surface area contributed by atoms with Crippen LogP contribution in [-0.4, -0.2) is 27.3 Å². The highest BCUT2D eigenvalue weighted by atomic mass is 16.4. The summed E-state index contributed by atoms with van der Waals surface area (Å²) in [4.78, 5) is 21.3. The van der Waals surface area contributed by atoms with E-state index in [1.807, 2.05) is 18.3 Å². The van der Waals surface area contributed by atoms with Crippen molar-refractivity contribution in [3.05, 3.63) is 41.1 Å². The zero-order valence-corrected chi connectivity index (χ0v) is 15.4. The van der Waals surface area contributed by atoms with E-state index in [2.05, 4.69) is 38.2 Å². The molecule has 0 bridgehead atoms. The summed E-state index contributed by atoms with van der Waals surface area (Å²) in [6, 6.07) is 7.89. The van der Waals surface area contributed by atoms with E-state index >= 15 is 0 Å². The maximum atomic E-state index is 9.00.